The van der Waals surface area contributed by atoms with Crippen LogP contribution in [0.4, 0.5) is 0 Å². The van der Waals surface area contributed by atoms with Crippen molar-refractivity contribution >= 4 is 12.0 Å². The van der Waals surface area contributed by atoms with Gasteiger partial charge in [-0.15, -0.1) is 0 Å². The topological polar surface area (TPSA) is 47.6 Å². The van der Waals surface area contributed by atoms with E-state index in [1.54, 1.807) is 6.08 Å². The summed E-state index contributed by atoms with van der Waals surface area (Å²) in [6, 6.07) is 17.1. The van der Waals surface area contributed by atoms with E-state index in [1.807, 2.05) is 61.5 Å². The van der Waals surface area contributed by atoms with Crippen molar-refractivity contribution in [2.24, 2.45) is 0 Å². The molecule has 118 valence electrons. The minimum Gasteiger partial charge on any atom is -0.486 e. The van der Waals surface area contributed by atoms with Crippen molar-refractivity contribution in [3.05, 3.63) is 66.2 Å². The fraction of sp³-hybridized carbons (Fsp3) is 0.211. The first-order valence-electron chi connectivity index (χ1n) is 7.64. The number of carbonyl (C=O) groups is 1. The maximum absolute atomic E-state index is 12.0. The summed E-state index contributed by atoms with van der Waals surface area (Å²) in [5, 5.41) is 2.92. The van der Waals surface area contributed by atoms with E-state index in [9.17, 15) is 4.79 Å². The lowest BCUT2D eigenvalue weighted by atomic mass is 10.1. The zero-order chi connectivity index (χ0) is 16.1. The summed E-state index contributed by atoms with van der Waals surface area (Å²) in [4.78, 5) is 12.0. The van der Waals surface area contributed by atoms with Gasteiger partial charge in [0.2, 0.25) is 5.91 Å². The molecule has 0 spiro atoms. The highest BCUT2D eigenvalue weighted by molar-refractivity contribution is 5.91. The molecule has 1 heterocycles. The van der Waals surface area contributed by atoms with Crippen LogP contribution in [0, 0.1) is 0 Å². The molecule has 0 saturated heterocycles. The number of carbonyl (C=O) groups excluding carboxylic acids is 1. The number of rotatable bonds is 4. The molecule has 0 radical (unpaired) electrons. The number of fused-ring (bicyclic) bond motifs is 1. The molecule has 0 fully saturated rings. The Balaban J connectivity index is 1.56. The van der Waals surface area contributed by atoms with E-state index in [2.05, 4.69) is 5.32 Å². The molecule has 2 aromatic carbocycles. The van der Waals surface area contributed by atoms with Crippen LogP contribution in [0.2, 0.25) is 0 Å². The van der Waals surface area contributed by atoms with E-state index >= 15 is 0 Å². The van der Waals surface area contributed by atoms with Crippen molar-refractivity contribution in [3.63, 3.8) is 0 Å². The number of ether oxygens (including phenoxy) is 2. The second-order valence-corrected chi connectivity index (χ2v) is 5.46. The first kappa shape index (κ1) is 15.2. The van der Waals surface area contributed by atoms with Gasteiger partial charge in [-0.3, -0.25) is 4.79 Å². The number of hydrogen-bond donors (Lipinski definition) is 1. The lowest BCUT2D eigenvalue weighted by molar-refractivity contribution is -0.117. The molecule has 4 nitrogen and oxygen atoms in total. The Morgan fingerprint density at radius 3 is 2.61 bits per heavy atom. The van der Waals surface area contributed by atoms with E-state index in [4.69, 9.17) is 9.47 Å². The fourth-order valence-electron chi connectivity index (χ4n) is 2.38. The Morgan fingerprint density at radius 2 is 1.83 bits per heavy atom. The molecule has 0 aliphatic carbocycles. The predicted molar refractivity (Wildman–Crippen MR) is 89.4 cm³/mol. The molecule has 2 aromatic rings. The van der Waals surface area contributed by atoms with Crippen LogP contribution in [-0.2, 0) is 4.79 Å². The maximum Gasteiger partial charge on any atom is 0.244 e. The maximum atomic E-state index is 12.0. The highest BCUT2D eigenvalue weighted by Gasteiger charge is 2.26. The van der Waals surface area contributed by atoms with Crippen molar-refractivity contribution < 1.29 is 14.3 Å². The third-order valence-corrected chi connectivity index (χ3v) is 3.68. The van der Waals surface area contributed by atoms with Gasteiger partial charge in [0.25, 0.3) is 0 Å². The molecule has 1 amide bonds. The third kappa shape index (κ3) is 3.92. The fourth-order valence-corrected chi connectivity index (χ4v) is 2.38. The average molecular weight is 309 g/mol. The smallest absolute Gasteiger partial charge is 0.244 e. The van der Waals surface area contributed by atoms with Crippen molar-refractivity contribution in [2.45, 2.75) is 19.1 Å². The van der Waals surface area contributed by atoms with Gasteiger partial charge in [-0.2, -0.15) is 0 Å². The minimum atomic E-state index is -0.209. The highest BCUT2D eigenvalue weighted by Crippen LogP contribution is 2.31. The molecule has 1 N–H and O–H groups in total. The van der Waals surface area contributed by atoms with E-state index in [-0.39, 0.29) is 18.1 Å². The summed E-state index contributed by atoms with van der Waals surface area (Å²) in [7, 11) is 0. The van der Waals surface area contributed by atoms with Crippen molar-refractivity contribution in [1.29, 1.82) is 0 Å². The van der Waals surface area contributed by atoms with Crippen LogP contribution in [0.3, 0.4) is 0 Å². The van der Waals surface area contributed by atoms with E-state index in [0.29, 0.717) is 12.4 Å². The van der Waals surface area contributed by atoms with Crippen LogP contribution >= 0.6 is 0 Å². The molecule has 1 aliphatic heterocycles. The minimum absolute atomic E-state index is 0.149. The Labute approximate surface area is 135 Å². The lowest BCUT2D eigenvalue weighted by Crippen LogP contribution is -2.47. The summed E-state index contributed by atoms with van der Waals surface area (Å²) < 4.78 is 11.6. The van der Waals surface area contributed by atoms with Gasteiger partial charge in [-0.05, 0) is 30.7 Å². The zero-order valence-electron chi connectivity index (χ0n) is 12.9. The Morgan fingerprint density at radius 1 is 1.13 bits per heavy atom. The number of hydrogen-bond acceptors (Lipinski definition) is 3. The normalized spacial score (nSPS) is 17.7. The molecule has 2 atom stereocenters. The summed E-state index contributed by atoms with van der Waals surface area (Å²) in [5.74, 6) is 1.31. The summed E-state index contributed by atoms with van der Waals surface area (Å²) in [6.07, 6.45) is 3.11. The van der Waals surface area contributed by atoms with Gasteiger partial charge in [0.05, 0.1) is 6.04 Å². The lowest BCUT2D eigenvalue weighted by Gasteiger charge is -2.30. The quantitative estimate of drug-likeness (QED) is 0.883. The second-order valence-electron chi connectivity index (χ2n) is 5.46. The third-order valence-electron chi connectivity index (χ3n) is 3.68. The monoisotopic (exact) mass is 309 g/mol. The van der Waals surface area contributed by atoms with Gasteiger partial charge < -0.3 is 14.8 Å². The summed E-state index contributed by atoms with van der Waals surface area (Å²) >= 11 is 0. The van der Waals surface area contributed by atoms with Gasteiger partial charge in [-0.25, -0.2) is 0 Å². The van der Waals surface area contributed by atoms with Crippen LogP contribution < -0.4 is 14.8 Å². The zero-order valence-corrected chi connectivity index (χ0v) is 12.9. The molecule has 1 aliphatic rings. The Kier molecular flexibility index (Phi) is 4.62. The summed E-state index contributed by atoms with van der Waals surface area (Å²) in [6.45, 7) is 2.33. The van der Waals surface area contributed by atoms with Crippen molar-refractivity contribution in [2.75, 3.05) is 6.61 Å². The summed E-state index contributed by atoms with van der Waals surface area (Å²) in [5.41, 5.74) is 0.987. The van der Waals surface area contributed by atoms with Crippen LogP contribution in [0.25, 0.3) is 6.08 Å². The van der Waals surface area contributed by atoms with Gasteiger partial charge in [0.15, 0.2) is 17.6 Å². The molecule has 3 rings (SSSR count). The van der Waals surface area contributed by atoms with Crippen molar-refractivity contribution in [3.8, 4) is 11.5 Å². The number of nitrogens with one attached hydrogen (secondary N) is 1. The van der Waals surface area contributed by atoms with E-state index in [0.717, 1.165) is 11.3 Å². The largest absolute Gasteiger partial charge is 0.486 e. The Hall–Kier alpha value is -2.75. The van der Waals surface area contributed by atoms with E-state index < -0.39 is 0 Å². The number of benzene rings is 2. The SMILES string of the molecule is C[C@H](NC(=O)C=Cc1ccccc1)[C@H]1COc2ccccc2O1. The predicted octanol–water partition coefficient (Wildman–Crippen LogP) is 3.04. The second kappa shape index (κ2) is 7.01. The molecule has 0 unspecified atom stereocenters. The average Bonchev–Trinajstić information content (AvgIpc) is 2.60. The van der Waals surface area contributed by atoms with Crippen LogP contribution in [0.5, 0.6) is 11.5 Å². The molecule has 0 saturated carbocycles. The molecular weight excluding hydrogens is 290 g/mol. The Bertz CT molecular complexity index is 697. The molecule has 4 heteroatoms. The van der Waals surface area contributed by atoms with Crippen LogP contribution in [-0.4, -0.2) is 24.7 Å². The molecule has 0 bridgehead atoms. The molecular formula is C19H19NO3. The number of amides is 1. The first-order valence-corrected chi connectivity index (χ1v) is 7.64. The van der Waals surface area contributed by atoms with E-state index in [1.165, 1.54) is 6.08 Å². The highest BCUT2D eigenvalue weighted by atomic mass is 16.6. The van der Waals surface area contributed by atoms with Gasteiger partial charge >= 0.3 is 0 Å². The van der Waals surface area contributed by atoms with Crippen molar-refractivity contribution in [1.82, 2.24) is 5.32 Å². The molecule has 23 heavy (non-hydrogen) atoms. The first-order chi connectivity index (χ1) is 11.2. The van der Waals surface area contributed by atoms with Crippen LogP contribution in [0.15, 0.2) is 60.7 Å². The standard InChI is InChI=1S/C19H19NO3/c1-14(18-13-22-16-9-5-6-10-17(16)23-18)20-19(21)12-11-15-7-3-2-4-8-15/h2-12,14,18H,13H2,1H3,(H,20,21)/t14-,18+/m0/s1. The van der Waals surface area contributed by atoms with Gasteiger partial charge in [0, 0.05) is 6.08 Å². The molecule has 0 aromatic heterocycles. The van der Waals surface area contributed by atoms with Crippen LogP contribution in [0.1, 0.15) is 12.5 Å². The number of para-hydroxylation sites is 2. The van der Waals surface area contributed by atoms with Gasteiger partial charge in [-0.1, -0.05) is 42.5 Å². The van der Waals surface area contributed by atoms with Gasteiger partial charge in [0.1, 0.15) is 6.61 Å².